The van der Waals surface area contributed by atoms with Gasteiger partial charge >= 0.3 is 11.8 Å². The average molecular weight is 343 g/mol. The van der Waals surface area contributed by atoms with Crippen molar-refractivity contribution in [1.29, 1.82) is 0 Å². The lowest BCUT2D eigenvalue weighted by Gasteiger charge is -2.36. The summed E-state index contributed by atoms with van der Waals surface area (Å²) >= 11 is 0. The molecule has 0 bridgehead atoms. The first-order chi connectivity index (χ1) is 12.0. The zero-order valence-electron chi connectivity index (χ0n) is 14.2. The Morgan fingerprint density at radius 3 is 2.80 bits per heavy atom. The van der Waals surface area contributed by atoms with Gasteiger partial charge in [0.2, 0.25) is 0 Å². The number of carbonyl (C=O) groups excluding carboxylic acids is 2. The van der Waals surface area contributed by atoms with Crippen molar-refractivity contribution in [3.8, 4) is 0 Å². The summed E-state index contributed by atoms with van der Waals surface area (Å²) in [6, 6.07) is 6.76. The van der Waals surface area contributed by atoms with Gasteiger partial charge in [0.05, 0.1) is 5.52 Å². The fourth-order valence-electron chi connectivity index (χ4n) is 4.12. The van der Waals surface area contributed by atoms with E-state index in [9.17, 15) is 14.4 Å². The molecule has 7 heteroatoms. The van der Waals surface area contributed by atoms with Gasteiger partial charge in [-0.1, -0.05) is 31.9 Å². The molecular weight excluding hydrogens is 322 g/mol. The second-order valence-corrected chi connectivity index (χ2v) is 6.99. The number of amides is 3. The molecule has 2 heterocycles. The maximum absolute atomic E-state index is 12.9. The number of rotatable bonds is 3. The molecule has 2 atom stereocenters. The van der Waals surface area contributed by atoms with E-state index in [4.69, 9.17) is 4.42 Å². The van der Waals surface area contributed by atoms with Crippen LogP contribution < -0.4 is 11.1 Å². The van der Waals surface area contributed by atoms with Gasteiger partial charge in [-0.25, -0.2) is 9.59 Å². The van der Waals surface area contributed by atoms with Crippen LogP contribution in [0.4, 0.5) is 4.79 Å². The topological polar surface area (TPSA) is 84.6 Å². The van der Waals surface area contributed by atoms with Gasteiger partial charge in [0.15, 0.2) is 5.58 Å². The van der Waals surface area contributed by atoms with Crippen LogP contribution in [0.5, 0.6) is 0 Å². The number of nitrogens with zero attached hydrogens (tertiary/aromatic N) is 2. The average Bonchev–Trinajstić information content (AvgIpc) is 3.04. The first-order valence-corrected chi connectivity index (χ1v) is 8.75. The fraction of sp³-hybridized carbons (Fsp3) is 0.500. The number of imide groups is 1. The second-order valence-electron chi connectivity index (χ2n) is 6.99. The van der Waals surface area contributed by atoms with E-state index >= 15 is 0 Å². The van der Waals surface area contributed by atoms with Crippen molar-refractivity contribution in [3.05, 3.63) is 34.8 Å². The van der Waals surface area contributed by atoms with Crippen molar-refractivity contribution in [1.82, 2.24) is 14.8 Å². The molecule has 7 nitrogen and oxygen atoms in total. The van der Waals surface area contributed by atoms with Gasteiger partial charge in [-0.15, -0.1) is 0 Å². The Bertz CT molecular complexity index is 899. The molecule has 132 valence electrons. The summed E-state index contributed by atoms with van der Waals surface area (Å²) in [7, 11) is 0. The van der Waals surface area contributed by atoms with Crippen LogP contribution in [0.3, 0.4) is 0 Å². The minimum atomic E-state index is -0.765. The Kier molecular flexibility index (Phi) is 3.67. The maximum atomic E-state index is 12.9. The van der Waals surface area contributed by atoms with E-state index < -0.39 is 11.3 Å². The highest BCUT2D eigenvalue weighted by Crippen LogP contribution is 2.38. The summed E-state index contributed by atoms with van der Waals surface area (Å²) in [5, 5.41) is 2.93. The Morgan fingerprint density at radius 2 is 2.00 bits per heavy atom. The highest BCUT2D eigenvalue weighted by Gasteiger charge is 2.54. The van der Waals surface area contributed by atoms with Crippen molar-refractivity contribution in [3.63, 3.8) is 0 Å². The van der Waals surface area contributed by atoms with Crippen LogP contribution in [-0.2, 0) is 11.3 Å². The smallest absolute Gasteiger partial charge is 0.408 e. The van der Waals surface area contributed by atoms with E-state index in [-0.39, 0.29) is 30.9 Å². The normalized spacial score (nSPS) is 26.6. The van der Waals surface area contributed by atoms with Crippen molar-refractivity contribution in [2.24, 2.45) is 5.92 Å². The van der Waals surface area contributed by atoms with E-state index in [0.29, 0.717) is 17.5 Å². The first kappa shape index (κ1) is 15.9. The van der Waals surface area contributed by atoms with E-state index in [0.717, 1.165) is 19.3 Å². The van der Waals surface area contributed by atoms with E-state index in [2.05, 4.69) is 5.32 Å². The summed E-state index contributed by atoms with van der Waals surface area (Å²) in [5.41, 5.74) is 0.404. The molecule has 1 saturated carbocycles. The number of hydrogen-bond donors (Lipinski definition) is 1. The number of hydrogen-bond acceptors (Lipinski definition) is 4. The Hall–Kier alpha value is -2.57. The number of nitrogens with one attached hydrogen (secondary N) is 1. The molecule has 25 heavy (non-hydrogen) atoms. The zero-order valence-corrected chi connectivity index (χ0v) is 14.2. The molecule has 3 amide bonds. The molecule has 2 fully saturated rings. The van der Waals surface area contributed by atoms with Crippen LogP contribution in [0.15, 0.2) is 33.5 Å². The van der Waals surface area contributed by atoms with Gasteiger partial charge in [-0.05, 0) is 30.9 Å². The lowest BCUT2D eigenvalue weighted by molar-refractivity contribution is -0.134. The highest BCUT2D eigenvalue weighted by molar-refractivity contribution is 6.07. The molecule has 1 saturated heterocycles. The minimum absolute atomic E-state index is 0.125. The molecule has 1 aliphatic heterocycles. The molecule has 1 aromatic carbocycles. The molecule has 2 aromatic rings. The SMILES string of the molecule is CC1CCCCC12NC(=O)N(CCn1c(=O)oc3ccccc31)C2=O. The number of carbonyl (C=O) groups is 2. The predicted molar refractivity (Wildman–Crippen MR) is 91.1 cm³/mol. The van der Waals surface area contributed by atoms with Crippen molar-refractivity contribution < 1.29 is 14.0 Å². The third kappa shape index (κ3) is 2.37. The molecule has 4 rings (SSSR count). The monoisotopic (exact) mass is 343 g/mol. The van der Waals surface area contributed by atoms with Crippen LogP contribution in [-0.4, -0.2) is 33.5 Å². The Labute approximate surface area is 144 Å². The van der Waals surface area contributed by atoms with Crippen LogP contribution >= 0.6 is 0 Å². The number of oxazole rings is 1. The minimum Gasteiger partial charge on any atom is -0.408 e. The van der Waals surface area contributed by atoms with Gasteiger partial charge in [0, 0.05) is 13.1 Å². The molecule has 1 spiro atoms. The van der Waals surface area contributed by atoms with E-state index in [1.807, 2.05) is 13.0 Å². The van der Waals surface area contributed by atoms with Crippen LogP contribution in [0.1, 0.15) is 32.6 Å². The lowest BCUT2D eigenvalue weighted by Crippen LogP contribution is -2.54. The second kappa shape index (κ2) is 5.75. The summed E-state index contributed by atoms with van der Waals surface area (Å²) in [5.74, 6) is -0.514. The predicted octanol–water partition coefficient (Wildman–Crippen LogP) is 2.10. The van der Waals surface area contributed by atoms with E-state index in [1.165, 1.54) is 9.47 Å². The summed E-state index contributed by atoms with van der Waals surface area (Å²) in [6.45, 7) is 2.40. The number of para-hydroxylation sites is 2. The Balaban J connectivity index is 1.57. The third-order valence-corrected chi connectivity index (χ3v) is 5.62. The standard InChI is InChI=1S/C18H21N3O4/c1-12-6-4-5-9-18(12)15(22)21(16(23)19-18)11-10-20-13-7-2-3-8-14(13)25-17(20)24/h2-3,7-8,12H,4-6,9-11H2,1H3,(H,19,23). The van der Waals surface area contributed by atoms with E-state index in [1.54, 1.807) is 18.2 Å². The number of urea groups is 1. The van der Waals surface area contributed by atoms with Crippen LogP contribution in [0.25, 0.3) is 11.1 Å². The first-order valence-electron chi connectivity index (χ1n) is 8.75. The largest absolute Gasteiger partial charge is 0.420 e. The van der Waals surface area contributed by atoms with Gasteiger partial charge in [0.25, 0.3) is 5.91 Å². The van der Waals surface area contributed by atoms with Crippen LogP contribution in [0.2, 0.25) is 0 Å². The number of aromatic nitrogens is 1. The van der Waals surface area contributed by atoms with Gasteiger partial charge in [0.1, 0.15) is 5.54 Å². The van der Waals surface area contributed by atoms with Crippen molar-refractivity contribution >= 4 is 23.0 Å². The number of benzene rings is 1. The molecule has 1 N–H and O–H groups in total. The molecule has 2 aliphatic rings. The van der Waals surface area contributed by atoms with Crippen molar-refractivity contribution in [2.75, 3.05) is 6.54 Å². The Morgan fingerprint density at radius 1 is 1.20 bits per heavy atom. The van der Waals surface area contributed by atoms with Gasteiger partial charge < -0.3 is 9.73 Å². The van der Waals surface area contributed by atoms with Crippen molar-refractivity contribution in [2.45, 2.75) is 44.7 Å². The van der Waals surface area contributed by atoms with Crippen LogP contribution in [0, 0.1) is 5.92 Å². The fourth-order valence-corrected chi connectivity index (χ4v) is 4.12. The lowest BCUT2D eigenvalue weighted by atomic mass is 9.73. The summed E-state index contributed by atoms with van der Waals surface area (Å²) in [4.78, 5) is 38.6. The van der Waals surface area contributed by atoms with Gasteiger partial charge in [-0.3, -0.25) is 14.3 Å². The summed E-state index contributed by atoms with van der Waals surface area (Å²) < 4.78 is 6.66. The quantitative estimate of drug-likeness (QED) is 0.865. The molecule has 2 unspecified atom stereocenters. The molecule has 1 aliphatic carbocycles. The van der Waals surface area contributed by atoms with Gasteiger partial charge in [-0.2, -0.15) is 0 Å². The number of fused-ring (bicyclic) bond motifs is 1. The zero-order chi connectivity index (χ0) is 17.6. The molecular formula is C18H21N3O4. The summed E-state index contributed by atoms with van der Waals surface area (Å²) in [6.07, 6.45) is 3.65. The maximum Gasteiger partial charge on any atom is 0.420 e. The highest BCUT2D eigenvalue weighted by atomic mass is 16.4. The molecule has 0 radical (unpaired) electrons. The molecule has 1 aromatic heterocycles. The third-order valence-electron chi connectivity index (χ3n) is 5.62.